The standard InChI is InChI=1S/C15H20N2O3S/c1-11(20-2)14(16)10-21(18,19)9-12-7-13-5-3-4-6-15(13)17-8-12/h3-8,11,14H,9-10,16H2,1-2H3/t11-,14-/m1/s1. The van der Waals surface area contributed by atoms with Crippen LogP contribution in [0.2, 0.25) is 0 Å². The zero-order chi connectivity index (χ0) is 15.5. The number of aromatic nitrogens is 1. The summed E-state index contributed by atoms with van der Waals surface area (Å²) in [6.45, 7) is 1.76. The molecular weight excluding hydrogens is 288 g/mol. The minimum atomic E-state index is -3.30. The van der Waals surface area contributed by atoms with Crippen LogP contribution in [0.25, 0.3) is 10.9 Å². The van der Waals surface area contributed by atoms with Crippen molar-refractivity contribution >= 4 is 20.7 Å². The number of ether oxygens (including phenoxy) is 1. The molecular formula is C15H20N2O3S. The Morgan fingerprint density at radius 2 is 2.05 bits per heavy atom. The SMILES string of the molecule is CO[C@H](C)[C@H](N)CS(=O)(=O)Cc1cnc2ccccc2c1. The first-order chi connectivity index (χ1) is 9.91. The third-order valence-corrected chi connectivity index (χ3v) is 5.12. The van der Waals surface area contributed by atoms with E-state index in [1.54, 1.807) is 13.1 Å². The highest BCUT2D eigenvalue weighted by molar-refractivity contribution is 7.90. The average Bonchev–Trinajstić information content (AvgIpc) is 2.45. The molecule has 0 spiro atoms. The minimum Gasteiger partial charge on any atom is -0.380 e. The molecule has 1 aromatic heterocycles. The number of nitrogens with zero attached hydrogens (tertiary/aromatic N) is 1. The van der Waals surface area contributed by atoms with Crippen molar-refractivity contribution in [3.05, 3.63) is 42.1 Å². The number of hydrogen-bond acceptors (Lipinski definition) is 5. The first-order valence-electron chi connectivity index (χ1n) is 6.74. The Labute approximate surface area is 125 Å². The lowest BCUT2D eigenvalue weighted by Gasteiger charge is -2.18. The van der Waals surface area contributed by atoms with Crippen molar-refractivity contribution in [1.82, 2.24) is 4.98 Å². The summed E-state index contributed by atoms with van der Waals surface area (Å²) in [5.74, 6) is -0.163. The van der Waals surface area contributed by atoms with Gasteiger partial charge in [0.15, 0.2) is 9.84 Å². The Kier molecular flexibility index (Phi) is 4.92. The summed E-state index contributed by atoms with van der Waals surface area (Å²) < 4.78 is 29.5. The summed E-state index contributed by atoms with van der Waals surface area (Å²) in [6, 6.07) is 8.93. The minimum absolute atomic E-state index is 0.0605. The van der Waals surface area contributed by atoms with Gasteiger partial charge in [-0.25, -0.2) is 8.42 Å². The fraction of sp³-hybridized carbons (Fsp3) is 0.400. The summed E-state index contributed by atoms with van der Waals surface area (Å²) in [7, 11) is -1.78. The molecule has 2 aromatic rings. The van der Waals surface area contributed by atoms with Gasteiger partial charge in [0, 0.05) is 24.7 Å². The predicted molar refractivity (Wildman–Crippen MR) is 83.7 cm³/mol. The van der Waals surface area contributed by atoms with Crippen LogP contribution < -0.4 is 5.73 Å². The first-order valence-corrected chi connectivity index (χ1v) is 8.56. The topological polar surface area (TPSA) is 82.3 Å². The summed E-state index contributed by atoms with van der Waals surface area (Å²) in [5.41, 5.74) is 7.36. The second-order valence-electron chi connectivity index (χ2n) is 5.20. The maximum absolute atomic E-state index is 12.2. The molecule has 0 amide bonds. The van der Waals surface area contributed by atoms with Crippen LogP contribution in [0.1, 0.15) is 12.5 Å². The van der Waals surface area contributed by atoms with Gasteiger partial charge in [0.2, 0.25) is 0 Å². The van der Waals surface area contributed by atoms with Gasteiger partial charge in [-0.15, -0.1) is 0 Å². The van der Waals surface area contributed by atoms with Crippen molar-refractivity contribution in [2.75, 3.05) is 12.9 Å². The van der Waals surface area contributed by atoms with Crippen LogP contribution in [0, 0.1) is 0 Å². The third-order valence-electron chi connectivity index (χ3n) is 3.45. The van der Waals surface area contributed by atoms with E-state index < -0.39 is 15.9 Å². The van der Waals surface area contributed by atoms with Gasteiger partial charge in [-0.1, -0.05) is 18.2 Å². The van der Waals surface area contributed by atoms with E-state index in [4.69, 9.17) is 10.5 Å². The third kappa shape index (κ3) is 4.23. The molecule has 5 nitrogen and oxygen atoms in total. The first kappa shape index (κ1) is 15.9. The number of benzene rings is 1. The van der Waals surface area contributed by atoms with Gasteiger partial charge in [-0.05, 0) is 24.6 Å². The summed E-state index contributed by atoms with van der Waals surface area (Å²) in [4.78, 5) is 4.28. The van der Waals surface area contributed by atoms with Crippen molar-refractivity contribution in [2.24, 2.45) is 5.73 Å². The van der Waals surface area contributed by atoms with Crippen LogP contribution in [0.4, 0.5) is 0 Å². The van der Waals surface area contributed by atoms with Gasteiger partial charge in [0.05, 0.1) is 23.1 Å². The molecule has 0 aliphatic rings. The molecule has 0 saturated carbocycles. The molecule has 0 aliphatic heterocycles. The lowest BCUT2D eigenvalue weighted by Crippen LogP contribution is -2.40. The molecule has 6 heteroatoms. The molecule has 0 aliphatic carbocycles. The van der Waals surface area contributed by atoms with E-state index in [9.17, 15) is 8.42 Å². The Balaban J connectivity index is 2.14. The Bertz CT molecular complexity index is 716. The van der Waals surface area contributed by atoms with Crippen molar-refractivity contribution in [2.45, 2.75) is 24.8 Å². The van der Waals surface area contributed by atoms with Crippen LogP contribution in [0.5, 0.6) is 0 Å². The summed E-state index contributed by atoms with van der Waals surface area (Å²) in [5, 5.41) is 0.930. The van der Waals surface area contributed by atoms with E-state index in [0.29, 0.717) is 5.56 Å². The highest BCUT2D eigenvalue weighted by Crippen LogP contribution is 2.15. The maximum Gasteiger partial charge on any atom is 0.156 e. The molecule has 1 aromatic carbocycles. The number of fused-ring (bicyclic) bond motifs is 1. The molecule has 2 N–H and O–H groups in total. The van der Waals surface area contributed by atoms with Gasteiger partial charge in [-0.3, -0.25) is 4.98 Å². The second-order valence-corrected chi connectivity index (χ2v) is 7.30. The van der Waals surface area contributed by atoms with Crippen molar-refractivity contribution in [1.29, 1.82) is 0 Å². The van der Waals surface area contributed by atoms with E-state index in [-0.39, 0.29) is 17.6 Å². The van der Waals surface area contributed by atoms with Crippen LogP contribution in [-0.4, -0.2) is 38.4 Å². The zero-order valence-corrected chi connectivity index (χ0v) is 13.0. The molecule has 0 fully saturated rings. The highest BCUT2D eigenvalue weighted by Gasteiger charge is 2.21. The Morgan fingerprint density at radius 1 is 1.33 bits per heavy atom. The second kappa shape index (κ2) is 6.51. The van der Waals surface area contributed by atoms with Gasteiger partial charge in [0.25, 0.3) is 0 Å². The van der Waals surface area contributed by atoms with Crippen LogP contribution in [-0.2, 0) is 20.3 Å². The number of methoxy groups -OCH3 is 1. The van der Waals surface area contributed by atoms with E-state index in [0.717, 1.165) is 10.9 Å². The highest BCUT2D eigenvalue weighted by atomic mass is 32.2. The number of rotatable bonds is 6. The average molecular weight is 308 g/mol. The quantitative estimate of drug-likeness (QED) is 0.874. The van der Waals surface area contributed by atoms with Crippen LogP contribution in [0.15, 0.2) is 36.5 Å². The van der Waals surface area contributed by atoms with Crippen molar-refractivity contribution in [3.63, 3.8) is 0 Å². The van der Waals surface area contributed by atoms with E-state index in [1.165, 1.54) is 7.11 Å². The van der Waals surface area contributed by atoms with Gasteiger partial charge in [0.1, 0.15) is 0 Å². The maximum atomic E-state index is 12.2. The smallest absolute Gasteiger partial charge is 0.156 e. The van der Waals surface area contributed by atoms with Gasteiger partial charge < -0.3 is 10.5 Å². The van der Waals surface area contributed by atoms with E-state index in [1.807, 2.05) is 30.3 Å². The molecule has 0 radical (unpaired) electrons. The summed E-state index contributed by atoms with van der Waals surface area (Å²) in [6.07, 6.45) is 1.31. The zero-order valence-electron chi connectivity index (χ0n) is 12.2. The largest absolute Gasteiger partial charge is 0.380 e. The Hall–Kier alpha value is -1.50. The molecule has 1 heterocycles. The number of sulfone groups is 1. The number of para-hydroxylation sites is 1. The van der Waals surface area contributed by atoms with Crippen molar-refractivity contribution < 1.29 is 13.2 Å². The number of pyridine rings is 1. The van der Waals surface area contributed by atoms with Gasteiger partial charge >= 0.3 is 0 Å². The number of nitrogens with two attached hydrogens (primary N) is 1. The molecule has 0 unspecified atom stereocenters. The lowest BCUT2D eigenvalue weighted by atomic mass is 10.2. The van der Waals surface area contributed by atoms with E-state index in [2.05, 4.69) is 4.98 Å². The van der Waals surface area contributed by atoms with Gasteiger partial charge in [-0.2, -0.15) is 0 Å². The fourth-order valence-electron chi connectivity index (χ4n) is 2.11. The van der Waals surface area contributed by atoms with Crippen molar-refractivity contribution in [3.8, 4) is 0 Å². The molecule has 0 saturated heterocycles. The lowest BCUT2D eigenvalue weighted by molar-refractivity contribution is 0.101. The molecule has 21 heavy (non-hydrogen) atoms. The summed E-state index contributed by atoms with van der Waals surface area (Å²) >= 11 is 0. The number of hydrogen-bond donors (Lipinski definition) is 1. The monoisotopic (exact) mass is 308 g/mol. The van der Waals surface area contributed by atoms with E-state index >= 15 is 0 Å². The van der Waals surface area contributed by atoms with Crippen LogP contribution in [0.3, 0.4) is 0 Å². The normalized spacial score (nSPS) is 15.0. The molecule has 2 rings (SSSR count). The molecule has 2 atom stereocenters. The fourth-order valence-corrected chi connectivity index (χ4v) is 3.75. The predicted octanol–water partition coefficient (Wildman–Crippen LogP) is 1.51. The molecule has 114 valence electrons. The molecule has 0 bridgehead atoms. The Morgan fingerprint density at radius 3 is 2.76 bits per heavy atom. The van der Waals surface area contributed by atoms with Crippen LogP contribution >= 0.6 is 0 Å².